The maximum Gasteiger partial charge on any atom is 0.224 e. The molecule has 1 heterocycles. The topological polar surface area (TPSA) is 69.7 Å². The third kappa shape index (κ3) is 7.26. The summed E-state index contributed by atoms with van der Waals surface area (Å²) in [5.41, 5.74) is 1.01. The number of hydrogen-bond acceptors (Lipinski definition) is 5. The Kier molecular flexibility index (Phi) is 7.94. The molecule has 2 rings (SSSR count). The summed E-state index contributed by atoms with van der Waals surface area (Å²) in [7, 11) is -3.09. The minimum absolute atomic E-state index is 0.0176. The quantitative estimate of drug-likeness (QED) is 0.670. The Morgan fingerprint density at radius 2 is 1.77 bits per heavy atom. The van der Waals surface area contributed by atoms with Crippen LogP contribution in [0.4, 0.5) is 0 Å². The molecule has 0 aliphatic carbocycles. The van der Waals surface area contributed by atoms with E-state index in [2.05, 4.69) is 36.2 Å². The van der Waals surface area contributed by atoms with E-state index < -0.39 is 10.0 Å². The van der Waals surface area contributed by atoms with Gasteiger partial charge in [0.1, 0.15) is 0 Å². The standard InChI is InChI=1S/C18H29N3O3S2/c1-15(2)25-17-6-4-16(5-7-17)14-18(22)19-8-9-20-10-12-21(13-11-20)26(3,23)24/h4-7,15H,8-14H2,1-3H3,(H,19,22). The van der Waals surface area contributed by atoms with E-state index in [9.17, 15) is 13.2 Å². The maximum absolute atomic E-state index is 12.1. The second-order valence-corrected chi connectivity index (χ2v) is 10.5. The molecule has 6 nitrogen and oxygen atoms in total. The summed E-state index contributed by atoms with van der Waals surface area (Å²) < 4.78 is 24.5. The van der Waals surface area contributed by atoms with Crippen LogP contribution >= 0.6 is 11.8 Å². The maximum atomic E-state index is 12.1. The fourth-order valence-corrected chi connectivity index (χ4v) is 4.51. The number of carbonyl (C=O) groups excluding carboxylic acids is 1. The highest BCUT2D eigenvalue weighted by Gasteiger charge is 2.22. The van der Waals surface area contributed by atoms with Crippen molar-refractivity contribution in [3.05, 3.63) is 29.8 Å². The number of hydrogen-bond donors (Lipinski definition) is 1. The molecule has 0 spiro atoms. The Morgan fingerprint density at radius 1 is 1.15 bits per heavy atom. The number of nitrogens with zero attached hydrogens (tertiary/aromatic N) is 2. The summed E-state index contributed by atoms with van der Waals surface area (Å²) in [4.78, 5) is 15.5. The molecule has 1 saturated heterocycles. The van der Waals surface area contributed by atoms with Gasteiger partial charge in [-0.15, -0.1) is 11.8 Å². The largest absolute Gasteiger partial charge is 0.355 e. The predicted octanol–water partition coefficient (Wildman–Crippen LogP) is 1.42. The van der Waals surface area contributed by atoms with E-state index >= 15 is 0 Å². The van der Waals surface area contributed by atoms with Crippen LogP contribution in [0.5, 0.6) is 0 Å². The molecular formula is C18H29N3O3S2. The fourth-order valence-electron chi connectivity index (χ4n) is 2.84. The zero-order chi connectivity index (χ0) is 19.2. The normalized spacial score (nSPS) is 16.8. The van der Waals surface area contributed by atoms with Crippen LogP contribution in [0, 0.1) is 0 Å². The van der Waals surface area contributed by atoms with Crippen LogP contribution < -0.4 is 5.32 Å². The lowest BCUT2D eigenvalue weighted by Gasteiger charge is -2.33. The fraction of sp³-hybridized carbons (Fsp3) is 0.611. The SMILES string of the molecule is CC(C)Sc1ccc(CC(=O)NCCN2CCN(S(C)(=O)=O)CC2)cc1. The second kappa shape index (κ2) is 9.73. The smallest absolute Gasteiger partial charge is 0.224 e. The van der Waals surface area contributed by atoms with Crippen molar-refractivity contribution in [2.75, 3.05) is 45.5 Å². The average molecular weight is 400 g/mol. The van der Waals surface area contributed by atoms with E-state index in [1.54, 1.807) is 0 Å². The summed E-state index contributed by atoms with van der Waals surface area (Å²) in [5, 5.41) is 3.49. The average Bonchev–Trinajstić information content (AvgIpc) is 2.56. The van der Waals surface area contributed by atoms with Gasteiger partial charge in [0.2, 0.25) is 15.9 Å². The van der Waals surface area contributed by atoms with Crippen molar-refractivity contribution in [1.29, 1.82) is 0 Å². The summed E-state index contributed by atoms with van der Waals surface area (Å²) >= 11 is 1.81. The monoisotopic (exact) mass is 399 g/mol. The summed E-state index contributed by atoms with van der Waals surface area (Å²) in [6, 6.07) is 8.15. The number of piperazine rings is 1. The molecule has 0 aromatic heterocycles. The molecule has 146 valence electrons. The number of carbonyl (C=O) groups is 1. The van der Waals surface area contributed by atoms with E-state index in [-0.39, 0.29) is 5.91 Å². The molecule has 1 aliphatic rings. The first-order valence-corrected chi connectivity index (χ1v) is 11.7. The Bertz CT molecular complexity index is 682. The number of amides is 1. The number of nitrogens with one attached hydrogen (secondary N) is 1. The summed E-state index contributed by atoms with van der Waals surface area (Å²) in [6.45, 7) is 8.10. The highest BCUT2D eigenvalue weighted by molar-refractivity contribution is 7.99. The van der Waals surface area contributed by atoms with Crippen molar-refractivity contribution in [3.8, 4) is 0 Å². The predicted molar refractivity (Wildman–Crippen MR) is 107 cm³/mol. The van der Waals surface area contributed by atoms with Gasteiger partial charge in [0.25, 0.3) is 0 Å². The summed E-state index contributed by atoms with van der Waals surface area (Å²) in [5.74, 6) is 0.0176. The van der Waals surface area contributed by atoms with Crippen LogP contribution in [-0.4, -0.2) is 74.3 Å². The van der Waals surface area contributed by atoms with Crippen LogP contribution in [0.1, 0.15) is 19.4 Å². The lowest BCUT2D eigenvalue weighted by molar-refractivity contribution is -0.120. The molecule has 0 radical (unpaired) electrons. The van der Waals surface area contributed by atoms with Crippen LogP contribution in [0.15, 0.2) is 29.2 Å². The molecule has 0 unspecified atom stereocenters. The Balaban J connectivity index is 1.66. The van der Waals surface area contributed by atoms with Gasteiger partial charge < -0.3 is 5.32 Å². The highest BCUT2D eigenvalue weighted by Crippen LogP contribution is 2.22. The molecule has 0 saturated carbocycles. The van der Waals surface area contributed by atoms with Gasteiger partial charge in [0, 0.05) is 49.4 Å². The first-order valence-electron chi connectivity index (χ1n) is 8.94. The summed E-state index contributed by atoms with van der Waals surface area (Å²) in [6.07, 6.45) is 1.63. The highest BCUT2D eigenvalue weighted by atomic mass is 32.2. The number of rotatable bonds is 8. The Morgan fingerprint density at radius 3 is 2.31 bits per heavy atom. The Labute approximate surface area is 161 Å². The van der Waals surface area contributed by atoms with Crippen molar-refractivity contribution < 1.29 is 13.2 Å². The van der Waals surface area contributed by atoms with Crippen LogP contribution in [0.3, 0.4) is 0 Å². The van der Waals surface area contributed by atoms with Gasteiger partial charge >= 0.3 is 0 Å². The zero-order valence-corrected chi connectivity index (χ0v) is 17.4. The van der Waals surface area contributed by atoms with Gasteiger partial charge in [-0.25, -0.2) is 8.42 Å². The van der Waals surface area contributed by atoms with Gasteiger partial charge in [-0.2, -0.15) is 4.31 Å². The minimum atomic E-state index is -3.09. The number of thioether (sulfide) groups is 1. The minimum Gasteiger partial charge on any atom is -0.355 e. The van der Waals surface area contributed by atoms with Crippen molar-refractivity contribution in [2.45, 2.75) is 30.4 Å². The lowest BCUT2D eigenvalue weighted by Crippen LogP contribution is -2.49. The lowest BCUT2D eigenvalue weighted by atomic mass is 10.1. The number of benzene rings is 1. The molecule has 1 aromatic rings. The third-order valence-electron chi connectivity index (χ3n) is 4.21. The van der Waals surface area contributed by atoms with E-state index in [0.29, 0.717) is 44.4 Å². The zero-order valence-electron chi connectivity index (χ0n) is 15.8. The molecule has 1 N–H and O–H groups in total. The van der Waals surface area contributed by atoms with Gasteiger partial charge in [-0.1, -0.05) is 26.0 Å². The van der Waals surface area contributed by atoms with Gasteiger partial charge in [0.15, 0.2) is 0 Å². The van der Waals surface area contributed by atoms with E-state index in [0.717, 1.165) is 12.1 Å². The molecule has 8 heteroatoms. The van der Waals surface area contributed by atoms with Gasteiger partial charge in [-0.3, -0.25) is 9.69 Å². The van der Waals surface area contributed by atoms with Gasteiger partial charge in [-0.05, 0) is 17.7 Å². The van der Waals surface area contributed by atoms with Crippen molar-refractivity contribution in [1.82, 2.24) is 14.5 Å². The molecule has 26 heavy (non-hydrogen) atoms. The van der Waals surface area contributed by atoms with Crippen LogP contribution in [0.2, 0.25) is 0 Å². The molecule has 0 bridgehead atoms. The third-order valence-corrected chi connectivity index (χ3v) is 6.53. The van der Waals surface area contributed by atoms with E-state index in [1.807, 2.05) is 23.9 Å². The molecule has 1 aliphatic heterocycles. The van der Waals surface area contributed by atoms with E-state index in [4.69, 9.17) is 0 Å². The molecule has 1 aromatic carbocycles. The first-order chi connectivity index (χ1) is 12.2. The molecule has 0 atom stereocenters. The molecule has 1 amide bonds. The van der Waals surface area contributed by atoms with Crippen molar-refractivity contribution in [2.24, 2.45) is 0 Å². The van der Waals surface area contributed by atoms with Gasteiger partial charge in [0.05, 0.1) is 12.7 Å². The second-order valence-electron chi connectivity index (χ2n) is 6.84. The van der Waals surface area contributed by atoms with Crippen molar-refractivity contribution >= 4 is 27.7 Å². The van der Waals surface area contributed by atoms with Crippen LogP contribution in [-0.2, 0) is 21.2 Å². The first kappa shape index (κ1) is 21.2. The van der Waals surface area contributed by atoms with Crippen LogP contribution in [0.25, 0.3) is 0 Å². The Hall–Kier alpha value is -1.09. The molecule has 1 fully saturated rings. The van der Waals surface area contributed by atoms with E-state index in [1.165, 1.54) is 15.5 Å². The number of sulfonamides is 1. The van der Waals surface area contributed by atoms with Crippen molar-refractivity contribution in [3.63, 3.8) is 0 Å². The molecular weight excluding hydrogens is 370 g/mol.